The van der Waals surface area contributed by atoms with Gasteiger partial charge in [-0.1, -0.05) is 0 Å². The number of nitrogen functional groups attached to an aromatic ring is 1. The standard InChI is InChI=1S/C12H14BrN3O4S/c1-12(2)11(18)16(21(12,19)20)6-10(17)15-9-4-3-7(14)5-8(9)13/h3-5H,6,14H2,1-2H3,(H,15,17). The van der Waals surface area contributed by atoms with Gasteiger partial charge in [-0.2, -0.15) is 0 Å². The minimum Gasteiger partial charge on any atom is -0.399 e. The topological polar surface area (TPSA) is 110 Å². The smallest absolute Gasteiger partial charge is 0.259 e. The van der Waals surface area contributed by atoms with Gasteiger partial charge >= 0.3 is 0 Å². The van der Waals surface area contributed by atoms with Gasteiger partial charge in [0.15, 0.2) is 4.75 Å². The first kappa shape index (κ1) is 15.8. The average molecular weight is 376 g/mol. The maximum Gasteiger partial charge on any atom is 0.259 e. The van der Waals surface area contributed by atoms with Crippen molar-refractivity contribution in [2.24, 2.45) is 0 Å². The van der Waals surface area contributed by atoms with E-state index < -0.39 is 33.1 Å². The zero-order valence-corrected chi connectivity index (χ0v) is 13.8. The number of carbonyl (C=O) groups excluding carboxylic acids is 2. The van der Waals surface area contributed by atoms with Crippen molar-refractivity contribution in [2.45, 2.75) is 18.6 Å². The van der Waals surface area contributed by atoms with E-state index in [9.17, 15) is 18.0 Å². The first-order chi connectivity index (χ1) is 9.57. The molecule has 1 fully saturated rings. The zero-order chi connectivity index (χ0) is 16.0. The van der Waals surface area contributed by atoms with Crippen LogP contribution in [0.3, 0.4) is 0 Å². The highest BCUT2D eigenvalue weighted by atomic mass is 79.9. The number of halogens is 1. The molecule has 9 heteroatoms. The fraction of sp³-hybridized carbons (Fsp3) is 0.333. The predicted molar refractivity (Wildman–Crippen MR) is 81.9 cm³/mol. The second-order valence-corrected chi connectivity index (χ2v) is 8.38. The molecule has 1 aliphatic rings. The van der Waals surface area contributed by atoms with Crippen LogP contribution in [0.1, 0.15) is 13.8 Å². The SMILES string of the molecule is CC1(C)C(=O)N(CC(=O)Nc2ccc(N)cc2Br)S1(=O)=O. The van der Waals surface area contributed by atoms with E-state index in [-0.39, 0.29) is 0 Å². The van der Waals surface area contributed by atoms with Gasteiger partial charge in [-0.05, 0) is 48.0 Å². The number of benzene rings is 1. The number of amides is 2. The maximum atomic E-state index is 11.9. The molecule has 1 aromatic carbocycles. The molecule has 0 aliphatic carbocycles. The molecule has 0 saturated carbocycles. The Hall–Kier alpha value is -1.61. The van der Waals surface area contributed by atoms with Crippen LogP contribution in [0.4, 0.5) is 11.4 Å². The normalized spacial score (nSPS) is 19.0. The van der Waals surface area contributed by atoms with Crippen molar-refractivity contribution in [1.82, 2.24) is 4.31 Å². The van der Waals surface area contributed by atoms with Crippen molar-refractivity contribution >= 4 is 49.1 Å². The molecule has 1 aliphatic heterocycles. The van der Waals surface area contributed by atoms with E-state index in [0.717, 1.165) is 0 Å². The van der Waals surface area contributed by atoms with Crippen molar-refractivity contribution in [2.75, 3.05) is 17.6 Å². The third-order valence-corrected chi connectivity index (χ3v) is 6.23. The number of nitrogens with zero attached hydrogens (tertiary/aromatic N) is 1. The Morgan fingerprint density at radius 1 is 1.43 bits per heavy atom. The molecule has 1 saturated heterocycles. The fourth-order valence-corrected chi connectivity index (χ4v) is 3.84. The zero-order valence-electron chi connectivity index (χ0n) is 11.4. The largest absolute Gasteiger partial charge is 0.399 e. The fourth-order valence-electron chi connectivity index (χ4n) is 1.87. The molecular weight excluding hydrogens is 362 g/mol. The number of hydrogen-bond donors (Lipinski definition) is 2. The molecule has 1 heterocycles. The van der Waals surface area contributed by atoms with Crippen molar-refractivity contribution < 1.29 is 18.0 Å². The van der Waals surface area contributed by atoms with Crippen LogP contribution in [0.2, 0.25) is 0 Å². The molecule has 114 valence electrons. The van der Waals surface area contributed by atoms with Gasteiger partial charge in [-0.3, -0.25) is 9.59 Å². The Labute approximate surface area is 130 Å². The summed E-state index contributed by atoms with van der Waals surface area (Å²) in [4.78, 5) is 23.6. The van der Waals surface area contributed by atoms with Gasteiger partial charge in [0.1, 0.15) is 6.54 Å². The number of hydrogen-bond acceptors (Lipinski definition) is 5. The van der Waals surface area contributed by atoms with Crippen molar-refractivity contribution in [3.05, 3.63) is 22.7 Å². The average Bonchev–Trinajstić information content (AvgIpc) is 2.38. The van der Waals surface area contributed by atoms with Crippen molar-refractivity contribution in [1.29, 1.82) is 0 Å². The number of nitrogens with two attached hydrogens (primary N) is 1. The second kappa shape index (κ2) is 4.99. The van der Waals surface area contributed by atoms with Crippen LogP contribution in [0.5, 0.6) is 0 Å². The summed E-state index contributed by atoms with van der Waals surface area (Å²) >= 11 is 3.23. The van der Waals surface area contributed by atoms with Crippen LogP contribution in [0, 0.1) is 0 Å². The van der Waals surface area contributed by atoms with Crippen LogP contribution < -0.4 is 11.1 Å². The summed E-state index contributed by atoms with van der Waals surface area (Å²) in [5, 5.41) is 2.52. The molecule has 0 radical (unpaired) electrons. The molecule has 21 heavy (non-hydrogen) atoms. The summed E-state index contributed by atoms with van der Waals surface area (Å²) < 4.78 is 23.4. The first-order valence-corrected chi connectivity index (χ1v) is 8.22. The Morgan fingerprint density at radius 2 is 2.05 bits per heavy atom. The van der Waals surface area contributed by atoms with Crippen molar-refractivity contribution in [3.8, 4) is 0 Å². The molecule has 0 unspecified atom stereocenters. The molecule has 2 rings (SSSR count). The van der Waals surface area contributed by atoms with Crippen molar-refractivity contribution in [3.63, 3.8) is 0 Å². The molecule has 2 amide bonds. The minimum atomic E-state index is -3.76. The molecule has 7 nitrogen and oxygen atoms in total. The Balaban J connectivity index is 2.09. The van der Waals surface area contributed by atoms with Gasteiger partial charge in [-0.15, -0.1) is 0 Å². The van der Waals surface area contributed by atoms with Gasteiger partial charge in [0, 0.05) is 10.2 Å². The highest BCUT2D eigenvalue weighted by Crippen LogP contribution is 2.34. The summed E-state index contributed by atoms with van der Waals surface area (Å²) in [5.74, 6) is -1.19. The number of carbonyl (C=O) groups is 2. The van der Waals surface area contributed by atoms with Crippen LogP contribution in [0.25, 0.3) is 0 Å². The summed E-state index contributed by atoms with van der Waals surface area (Å²) in [6.07, 6.45) is 0. The highest BCUT2D eigenvalue weighted by molar-refractivity contribution is 9.10. The third-order valence-electron chi connectivity index (χ3n) is 3.23. The minimum absolute atomic E-state index is 0.443. The number of rotatable bonds is 3. The number of sulfonamides is 1. The quantitative estimate of drug-likeness (QED) is 0.763. The lowest BCUT2D eigenvalue weighted by Gasteiger charge is -2.42. The summed E-state index contributed by atoms with van der Waals surface area (Å²) in [6.45, 7) is 2.09. The Morgan fingerprint density at radius 3 is 2.57 bits per heavy atom. The first-order valence-electron chi connectivity index (χ1n) is 5.99. The van der Waals surface area contributed by atoms with Gasteiger partial charge in [-0.25, -0.2) is 12.7 Å². The molecule has 0 aromatic heterocycles. The van der Waals surface area contributed by atoms with Gasteiger partial charge in [0.05, 0.1) is 5.69 Å². The molecule has 0 atom stereocenters. The monoisotopic (exact) mass is 375 g/mol. The van der Waals surface area contributed by atoms with Crippen LogP contribution in [0.15, 0.2) is 22.7 Å². The van der Waals surface area contributed by atoms with E-state index in [1.54, 1.807) is 18.2 Å². The summed E-state index contributed by atoms with van der Waals surface area (Å²) in [7, 11) is -3.76. The van der Waals surface area contributed by atoms with Crippen LogP contribution >= 0.6 is 15.9 Å². The van der Waals surface area contributed by atoms with E-state index in [1.165, 1.54) is 13.8 Å². The molecule has 0 bridgehead atoms. The van der Waals surface area contributed by atoms with E-state index in [2.05, 4.69) is 21.2 Å². The van der Waals surface area contributed by atoms with Gasteiger partial charge in [0.2, 0.25) is 5.91 Å². The summed E-state index contributed by atoms with van der Waals surface area (Å²) in [5.41, 5.74) is 6.54. The van der Waals surface area contributed by atoms with Crippen LogP contribution in [-0.2, 0) is 19.6 Å². The van der Waals surface area contributed by atoms with Gasteiger partial charge in [0.25, 0.3) is 15.9 Å². The van der Waals surface area contributed by atoms with E-state index >= 15 is 0 Å². The highest BCUT2D eigenvalue weighted by Gasteiger charge is 2.60. The number of nitrogens with one attached hydrogen (secondary N) is 1. The predicted octanol–water partition coefficient (Wildman–Crippen LogP) is 0.920. The van der Waals surface area contributed by atoms with E-state index in [4.69, 9.17) is 5.73 Å². The molecular formula is C12H14BrN3O4S. The molecule has 1 aromatic rings. The Kier molecular flexibility index (Phi) is 3.75. The van der Waals surface area contributed by atoms with Gasteiger partial charge < -0.3 is 11.1 Å². The Bertz CT molecular complexity index is 730. The van der Waals surface area contributed by atoms with E-state index in [1.807, 2.05) is 0 Å². The number of anilines is 2. The molecule has 0 spiro atoms. The third kappa shape index (κ3) is 2.51. The van der Waals surface area contributed by atoms with Crippen LogP contribution in [-0.4, -0.2) is 35.8 Å². The maximum absolute atomic E-state index is 11.9. The second-order valence-electron chi connectivity index (χ2n) is 5.11. The van der Waals surface area contributed by atoms with E-state index in [0.29, 0.717) is 20.2 Å². The lowest BCUT2D eigenvalue weighted by atomic mass is 10.2. The lowest BCUT2D eigenvalue weighted by molar-refractivity contribution is -0.134. The lowest BCUT2D eigenvalue weighted by Crippen LogP contribution is -2.68. The molecule has 3 N–H and O–H groups in total. The summed E-state index contributed by atoms with van der Waals surface area (Å²) in [6, 6.07) is 4.77.